The van der Waals surface area contributed by atoms with Crippen LogP contribution < -0.4 is 0 Å². The zero-order valence-electron chi connectivity index (χ0n) is 23.4. The lowest BCUT2D eigenvalue weighted by molar-refractivity contribution is -0.186. The number of ether oxygens (including phenoxy) is 2. The zero-order valence-corrected chi connectivity index (χ0v) is 24.2. The predicted octanol–water partition coefficient (Wildman–Crippen LogP) is 5.92. The summed E-state index contributed by atoms with van der Waals surface area (Å²) < 4.78 is 20.5. The topological polar surface area (TPSA) is 91.3 Å². The van der Waals surface area contributed by atoms with Crippen LogP contribution in [0.25, 0.3) is 22.6 Å². The third-order valence-electron chi connectivity index (χ3n) is 8.23. The van der Waals surface area contributed by atoms with E-state index in [1.807, 2.05) is 25.5 Å². The van der Waals surface area contributed by atoms with Crippen LogP contribution in [-0.2, 0) is 22.4 Å². The fourth-order valence-electron chi connectivity index (χ4n) is 6.30. The fraction of sp³-hybridized carbons (Fsp3) is 0.714. The molecule has 0 aromatic carbocycles. The highest BCUT2D eigenvalue weighted by atomic mass is 35.5. The quantitative estimate of drug-likeness (QED) is 0.339. The molecule has 3 aromatic rings. The van der Waals surface area contributed by atoms with Crippen molar-refractivity contribution in [3.63, 3.8) is 0 Å². The first-order valence-corrected chi connectivity index (χ1v) is 14.8. The maximum atomic E-state index is 6.72. The molecule has 38 heavy (non-hydrogen) atoms. The molecule has 3 aromatic heterocycles. The highest BCUT2D eigenvalue weighted by Crippen LogP contribution is 2.48. The number of aromatic nitrogens is 5. The summed E-state index contributed by atoms with van der Waals surface area (Å²) in [5.41, 5.74) is 3.33. The predicted molar refractivity (Wildman–Crippen MR) is 147 cm³/mol. The summed E-state index contributed by atoms with van der Waals surface area (Å²) in [5, 5.41) is 10.5. The van der Waals surface area contributed by atoms with Crippen molar-refractivity contribution >= 4 is 22.6 Å². The number of fused-ring (bicyclic) bond motifs is 2. The molecule has 6 rings (SSSR count). The third-order valence-corrected chi connectivity index (χ3v) is 8.50. The van der Waals surface area contributed by atoms with Crippen LogP contribution in [0.4, 0.5) is 0 Å². The summed E-state index contributed by atoms with van der Waals surface area (Å²) in [6.07, 6.45) is 8.17. The van der Waals surface area contributed by atoms with Gasteiger partial charge in [0.1, 0.15) is 10.9 Å². The van der Waals surface area contributed by atoms with Crippen LogP contribution in [-0.4, -0.2) is 68.4 Å². The first-order chi connectivity index (χ1) is 18.5. The Morgan fingerprint density at radius 2 is 1.89 bits per heavy atom. The maximum Gasteiger partial charge on any atom is 0.185 e. The van der Waals surface area contributed by atoms with E-state index in [0.29, 0.717) is 35.9 Å². The van der Waals surface area contributed by atoms with Crippen LogP contribution in [0.15, 0.2) is 4.52 Å². The normalized spacial score (nSPS) is 23.0. The number of nitrogens with zero attached hydrogens (tertiary/aromatic N) is 6. The van der Waals surface area contributed by atoms with E-state index in [2.05, 4.69) is 29.0 Å². The second kappa shape index (κ2) is 11.6. The Labute approximate surface area is 230 Å². The van der Waals surface area contributed by atoms with Crippen LogP contribution in [0.2, 0.25) is 5.15 Å². The van der Waals surface area contributed by atoms with Crippen molar-refractivity contribution in [2.45, 2.75) is 103 Å². The lowest BCUT2D eigenvalue weighted by atomic mass is 9.80. The molecule has 2 saturated heterocycles. The van der Waals surface area contributed by atoms with E-state index in [0.717, 1.165) is 86.1 Å². The highest BCUT2D eigenvalue weighted by Gasteiger charge is 2.49. The van der Waals surface area contributed by atoms with Gasteiger partial charge in [-0.3, -0.25) is 0 Å². The second-order valence-corrected chi connectivity index (χ2v) is 10.9. The van der Waals surface area contributed by atoms with Crippen molar-refractivity contribution in [2.24, 2.45) is 0 Å². The van der Waals surface area contributed by atoms with Gasteiger partial charge in [0.25, 0.3) is 0 Å². The number of likely N-dealkylation sites (N-methyl/N-ethyl adjacent to an activating group) is 1. The SMILES string of the molecule is CC.CCCCC1(C2CCCc3c(-c4nc(Cl)c5c(C)nn(CC6CCCN6C)c5n4)noc32)OCCO1. The summed E-state index contributed by atoms with van der Waals surface area (Å²) in [6.45, 7) is 11.3. The summed E-state index contributed by atoms with van der Waals surface area (Å²) >= 11 is 6.72. The molecule has 5 heterocycles. The van der Waals surface area contributed by atoms with E-state index in [1.54, 1.807) is 0 Å². The van der Waals surface area contributed by atoms with E-state index in [4.69, 9.17) is 35.7 Å². The molecule has 10 heteroatoms. The molecule has 0 N–H and O–H groups in total. The molecule has 0 saturated carbocycles. The van der Waals surface area contributed by atoms with Crippen molar-refractivity contribution < 1.29 is 14.0 Å². The Kier molecular flexibility index (Phi) is 8.38. The molecule has 2 atom stereocenters. The molecule has 2 aliphatic heterocycles. The number of halogens is 1. The number of rotatable bonds is 7. The summed E-state index contributed by atoms with van der Waals surface area (Å²) in [4.78, 5) is 12.0. The van der Waals surface area contributed by atoms with Crippen LogP contribution in [0.5, 0.6) is 0 Å². The Hall–Kier alpha value is -2.07. The van der Waals surface area contributed by atoms with E-state index >= 15 is 0 Å². The Morgan fingerprint density at radius 1 is 1.11 bits per heavy atom. The largest absolute Gasteiger partial charge is 0.360 e. The van der Waals surface area contributed by atoms with Gasteiger partial charge < -0.3 is 18.9 Å². The van der Waals surface area contributed by atoms with Gasteiger partial charge in [-0.1, -0.05) is 43.9 Å². The summed E-state index contributed by atoms with van der Waals surface area (Å²) in [7, 11) is 2.17. The van der Waals surface area contributed by atoms with Crippen LogP contribution in [0, 0.1) is 6.92 Å². The minimum Gasteiger partial charge on any atom is -0.360 e. The van der Waals surface area contributed by atoms with Gasteiger partial charge in [-0.25, -0.2) is 14.6 Å². The number of hydrogen-bond acceptors (Lipinski definition) is 8. The molecule has 0 spiro atoms. The van der Waals surface area contributed by atoms with Crippen LogP contribution >= 0.6 is 11.6 Å². The number of hydrogen-bond donors (Lipinski definition) is 0. The highest BCUT2D eigenvalue weighted by molar-refractivity contribution is 6.34. The molecular weight excluding hydrogens is 504 g/mol. The van der Waals surface area contributed by atoms with Gasteiger partial charge in [0.2, 0.25) is 0 Å². The Bertz CT molecular complexity index is 1250. The fourth-order valence-corrected chi connectivity index (χ4v) is 6.60. The van der Waals surface area contributed by atoms with Gasteiger partial charge in [0.15, 0.2) is 23.0 Å². The molecule has 0 bridgehead atoms. The van der Waals surface area contributed by atoms with Crippen LogP contribution in [0.3, 0.4) is 0 Å². The Morgan fingerprint density at radius 3 is 2.61 bits per heavy atom. The third kappa shape index (κ3) is 4.87. The van der Waals surface area contributed by atoms with Crippen molar-refractivity contribution in [2.75, 3.05) is 26.8 Å². The van der Waals surface area contributed by atoms with E-state index in [-0.39, 0.29) is 5.92 Å². The van der Waals surface area contributed by atoms with Gasteiger partial charge in [-0.05, 0) is 59.0 Å². The maximum absolute atomic E-state index is 6.72. The zero-order chi connectivity index (χ0) is 26.9. The molecule has 9 nitrogen and oxygen atoms in total. The lowest BCUT2D eigenvalue weighted by Gasteiger charge is -2.36. The first-order valence-electron chi connectivity index (χ1n) is 14.4. The lowest BCUT2D eigenvalue weighted by Crippen LogP contribution is -2.39. The van der Waals surface area contributed by atoms with Crippen molar-refractivity contribution in [1.82, 2.24) is 29.8 Å². The molecule has 0 radical (unpaired) electrons. The van der Waals surface area contributed by atoms with Crippen molar-refractivity contribution in [3.8, 4) is 11.5 Å². The Balaban J connectivity index is 0.00000144. The van der Waals surface area contributed by atoms with Crippen molar-refractivity contribution in [1.29, 1.82) is 0 Å². The number of unbranched alkanes of at least 4 members (excludes halogenated alkanes) is 1. The monoisotopic (exact) mass is 544 g/mol. The minimum atomic E-state index is -0.631. The van der Waals surface area contributed by atoms with Gasteiger partial charge in [-0.2, -0.15) is 5.10 Å². The molecule has 3 aliphatic rings. The summed E-state index contributed by atoms with van der Waals surface area (Å²) in [6, 6.07) is 0.441. The molecule has 0 amide bonds. The standard InChI is InChI=1S/C26H35ClN6O3.C2H6/c1-4-5-11-26(34-13-14-35-26)19-10-6-9-18-21(31-36-22(18)19)24-28-23(27)20-16(2)30-33(25(20)29-24)15-17-8-7-12-32(17)3;1-2/h17,19H,4-15H2,1-3H3;1-2H3. The van der Waals surface area contributed by atoms with E-state index < -0.39 is 5.79 Å². The van der Waals surface area contributed by atoms with E-state index in [1.165, 1.54) is 6.42 Å². The molecular formula is C28H41ClN6O3. The smallest absolute Gasteiger partial charge is 0.185 e. The first kappa shape index (κ1) is 27.5. The van der Waals surface area contributed by atoms with Crippen molar-refractivity contribution in [3.05, 3.63) is 22.2 Å². The average Bonchev–Trinajstić information content (AvgIpc) is 3.72. The number of aryl methyl sites for hydroxylation is 1. The van der Waals surface area contributed by atoms with Gasteiger partial charge in [0, 0.05) is 18.0 Å². The second-order valence-electron chi connectivity index (χ2n) is 10.5. The molecule has 2 unspecified atom stereocenters. The van der Waals surface area contributed by atoms with Gasteiger partial charge >= 0.3 is 0 Å². The van der Waals surface area contributed by atoms with E-state index in [9.17, 15) is 0 Å². The molecule has 208 valence electrons. The summed E-state index contributed by atoms with van der Waals surface area (Å²) in [5.74, 6) is 0.732. The number of likely N-dealkylation sites (tertiary alicyclic amines) is 1. The van der Waals surface area contributed by atoms with Gasteiger partial charge in [-0.15, -0.1) is 0 Å². The molecule has 2 fully saturated rings. The average molecular weight is 545 g/mol. The molecule has 1 aliphatic carbocycles. The van der Waals surface area contributed by atoms with Gasteiger partial charge in [0.05, 0.1) is 36.8 Å². The minimum absolute atomic E-state index is 0.0152. The van der Waals surface area contributed by atoms with Crippen LogP contribution in [0.1, 0.15) is 88.7 Å².